The van der Waals surface area contributed by atoms with Gasteiger partial charge >= 0.3 is 0 Å². The van der Waals surface area contributed by atoms with Gasteiger partial charge < -0.3 is 9.47 Å². The Morgan fingerprint density at radius 1 is 1.15 bits per heavy atom. The molecule has 0 heterocycles. The summed E-state index contributed by atoms with van der Waals surface area (Å²) in [4.78, 5) is 0. The Kier molecular flexibility index (Phi) is 5.88. The molecular weight excluding hydrogens is 250 g/mol. The lowest BCUT2D eigenvalue weighted by Gasteiger charge is -2.26. The predicted molar refractivity (Wildman–Crippen MR) is 78.6 cm³/mol. The molecule has 1 fully saturated rings. The van der Waals surface area contributed by atoms with Crippen molar-refractivity contribution in [3.63, 3.8) is 0 Å². The van der Waals surface area contributed by atoms with Crippen LogP contribution >= 0.6 is 0 Å². The molecule has 0 aliphatic heterocycles. The van der Waals surface area contributed by atoms with Crippen molar-refractivity contribution in [3.8, 4) is 11.8 Å². The van der Waals surface area contributed by atoms with Crippen LogP contribution in [0.2, 0.25) is 0 Å². The second-order valence-corrected chi connectivity index (χ2v) is 5.56. The van der Waals surface area contributed by atoms with Gasteiger partial charge in [0.15, 0.2) is 0 Å². The minimum atomic E-state index is 0.442. The van der Waals surface area contributed by atoms with Crippen LogP contribution in [-0.4, -0.2) is 19.3 Å². The number of hydrogen-bond acceptors (Lipinski definition) is 3. The smallest absolute Gasteiger partial charge is 0.137 e. The van der Waals surface area contributed by atoms with E-state index >= 15 is 0 Å². The molecule has 0 aromatic heterocycles. The Balaban J connectivity index is 1.61. The van der Waals surface area contributed by atoms with Crippen molar-refractivity contribution in [2.24, 2.45) is 5.92 Å². The fraction of sp³-hybridized carbons (Fsp3) is 0.588. The number of benzene rings is 1. The molecule has 3 heteroatoms. The predicted octanol–water partition coefficient (Wildman–Crippen LogP) is 3.92. The minimum Gasteiger partial charge on any atom is -0.492 e. The lowest BCUT2D eigenvalue weighted by molar-refractivity contribution is 0.0146. The summed E-state index contributed by atoms with van der Waals surface area (Å²) in [7, 11) is 0. The molecule has 0 N–H and O–H groups in total. The van der Waals surface area contributed by atoms with Gasteiger partial charge in [-0.05, 0) is 43.7 Å². The van der Waals surface area contributed by atoms with Crippen molar-refractivity contribution in [2.45, 2.75) is 45.1 Å². The van der Waals surface area contributed by atoms with Gasteiger partial charge in [-0.1, -0.05) is 19.1 Å². The Morgan fingerprint density at radius 3 is 2.65 bits per heavy atom. The van der Waals surface area contributed by atoms with Crippen molar-refractivity contribution in [3.05, 3.63) is 29.8 Å². The highest BCUT2D eigenvalue weighted by atomic mass is 16.5. The molecule has 0 spiro atoms. The van der Waals surface area contributed by atoms with E-state index in [-0.39, 0.29) is 0 Å². The summed E-state index contributed by atoms with van der Waals surface area (Å²) in [5.74, 6) is 1.53. The molecule has 0 amide bonds. The lowest BCUT2D eigenvalue weighted by Crippen LogP contribution is -2.21. The Labute approximate surface area is 121 Å². The topological polar surface area (TPSA) is 42.2 Å². The van der Waals surface area contributed by atoms with E-state index in [1.54, 1.807) is 6.07 Å². The van der Waals surface area contributed by atoms with Crippen molar-refractivity contribution in [1.29, 1.82) is 5.26 Å². The number of nitrogens with zero attached hydrogens (tertiary/aromatic N) is 1. The molecule has 0 atom stereocenters. The van der Waals surface area contributed by atoms with Crippen molar-refractivity contribution in [1.82, 2.24) is 0 Å². The molecule has 2 rings (SSSR count). The maximum absolute atomic E-state index is 8.96. The molecule has 108 valence electrons. The van der Waals surface area contributed by atoms with Crippen molar-refractivity contribution in [2.75, 3.05) is 13.2 Å². The van der Waals surface area contributed by atoms with Crippen LogP contribution < -0.4 is 4.74 Å². The molecule has 1 aromatic rings. The largest absolute Gasteiger partial charge is 0.492 e. The van der Waals surface area contributed by atoms with E-state index in [0.29, 0.717) is 24.0 Å². The fourth-order valence-corrected chi connectivity index (χ4v) is 2.57. The monoisotopic (exact) mass is 273 g/mol. The zero-order valence-corrected chi connectivity index (χ0v) is 12.2. The second-order valence-electron chi connectivity index (χ2n) is 5.56. The van der Waals surface area contributed by atoms with Crippen LogP contribution in [0.4, 0.5) is 0 Å². The molecule has 0 unspecified atom stereocenters. The minimum absolute atomic E-state index is 0.442. The van der Waals surface area contributed by atoms with Gasteiger partial charge in [-0.25, -0.2) is 0 Å². The van der Waals surface area contributed by atoms with Gasteiger partial charge in [-0.2, -0.15) is 5.26 Å². The van der Waals surface area contributed by atoms with E-state index < -0.39 is 0 Å². The molecule has 1 saturated carbocycles. The highest BCUT2D eigenvalue weighted by molar-refractivity contribution is 5.42. The zero-order valence-electron chi connectivity index (χ0n) is 12.2. The normalized spacial score (nSPS) is 22.2. The Hall–Kier alpha value is -1.53. The van der Waals surface area contributed by atoms with E-state index in [9.17, 15) is 0 Å². The first-order valence-corrected chi connectivity index (χ1v) is 7.53. The highest BCUT2D eigenvalue weighted by Gasteiger charge is 2.18. The number of hydrogen-bond donors (Lipinski definition) is 0. The van der Waals surface area contributed by atoms with E-state index in [0.717, 1.165) is 18.9 Å². The molecule has 3 nitrogen and oxygen atoms in total. The average Bonchev–Trinajstić information content (AvgIpc) is 2.49. The van der Waals surface area contributed by atoms with E-state index in [1.165, 1.54) is 25.7 Å². The quantitative estimate of drug-likeness (QED) is 0.738. The van der Waals surface area contributed by atoms with Crippen LogP contribution in [0.5, 0.6) is 5.75 Å². The summed E-state index contributed by atoms with van der Waals surface area (Å²) in [6, 6.07) is 9.47. The molecule has 20 heavy (non-hydrogen) atoms. The van der Waals surface area contributed by atoms with Crippen LogP contribution in [0.15, 0.2) is 24.3 Å². The van der Waals surface area contributed by atoms with Crippen LogP contribution in [0.25, 0.3) is 0 Å². The molecule has 0 radical (unpaired) electrons. The third-order valence-electron chi connectivity index (χ3n) is 3.87. The maximum Gasteiger partial charge on any atom is 0.137 e. The first kappa shape index (κ1) is 14.9. The van der Waals surface area contributed by atoms with Crippen molar-refractivity contribution < 1.29 is 9.47 Å². The van der Waals surface area contributed by atoms with Crippen LogP contribution in [0.1, 0.15) is 44.6 Å². The highest BCUT2D eigenvalue weighted by Crippen LogP contribution is 2.25. The van der Waals surface area contributed by atoms with Gasteiger partial charge in [-0.3, -0.25) is 0 Å². The van der Waals surface area contributed by atoms with Crippen LogP contribution in [0.3, 0.4) is 0 Å². The third-order valence-corrected chi connectivity index (χ3v) is 3.87. The van der Waals surface area contributed by atoms with Gasteiger partial charge in [0.05, 0.1) is 24.9 Å². The van der Waals surface area contributed by atoms with Crippen LogP contribution in [0, 0.1) is 17.2 Å². The summed E-state index contributed by atoms with van der Waals surface area (Å²) in [5, 5.41) is 8.96. The number of rotatable bonds is 6. The molecule has 1 aliphatic carbocycles. The summed E-state index contributed by atoms with van der Waals surface area (Å²) < 4.78 is 11.5. The molecule has 1 aromatic carbocycles. The van der Waals surface area contributed by atoms with Crippen LogP contribution in [-0.2, 0) is 4.74 Å². The molecule has 0 saturated heterocycles. The second kappa shape index (κ2) is 7.91. The summed E-state index contributed by atoms with van der Waals surface area (Å²) in [6.45, 7) is 3.66. The van der Waals surface area contributed by atoms with E-state index in [4.69, 9.17) is 14.7 Å². The van der Waals surface area contributed by atoms with Gasteiger partial charge in [0.2, 0.25) is 0 Å². The SMILES string of the molecule is CC1CCC(OCCCOc2ccccc2C#N)CC1. The molecular formula is C17H23NO2. The Bertz CT molecular complexity index is 445. The lowest BCUT2D eigenvalue weighted by atomic mass is 9.89. The third kappa shape index (κ3) is 4.54. The van der Waals surface area contributed by atoms with E-state index in [1.807, 2.05) is 18.2 Å². The first-order chi connectivity index (χ1) is 9.79. The number of ether oxygens (including phenoxy) is 2. The fourth-order valence-electron chi connectivity index (χ4n) is 2.57. The van der Waals surface area contributed by atoms with Gasteiger partial charge in [0, 0.05) is 6.42 Å². The summed E-state index contributed by atoms with van der Waals surface area (Å²) in [5.41, 5.74) is 0.592. The number of nitriles is 1. The summed E-state index contributed by atoms with van der Waals surface area (Å²) in [6.07, 6.45) is 6.27. The van der Waals surface area contributed by atoms with Gasteiger partial charge in [-0.15, -0.1) is 0 Å². The standard InChI is InChI=1S/C17H23NO2/c1-14-7-9-16(10-8-14)19-11-4-12-20-17-6-3-2-5-15(17)13-18/h2-3,5-6,14,16H,4,7-12H2,1H3. The molecule has 0 bridgehead atoms. The van der Waals surface area contributed by atoms with Gasteiger partial charge in [0.1, 0.15) is 11.8 Å². The van der Waals surface area contributed by atoms with Crippen molar-refractivity contribution >= 4 is 0 Å². The van der Waals surface area contributed by atoms with Gasteiger partial charge in [0.25, 0.3) is 0 Å². The maximum atomic E-state index is 8.96. The zero-order chi connectivity index (χ0) is 14.2. The molecule has 1 aliphatic rings. The number of para-hydroxylation sites is 1. The summed E-state index contributed by atoms with van der Waals surface area (Å²) >= 11 is 0. The average molecular weight is 273 g/mol. The first-order valence-electron chi connectivity index (χ1n) is 7.53. The Morgan fingerprint density at radius 2 is 1.90 bits per heavy atom. The van der Waals surface area contributed by atoms with E-state index in [2.05, 4.69) is 13.0 Å².